The van der Waals surface area contributed by atoms with Crippen molar-refractivity contribution in [3.05, 3.63) is 0 Å². The van der Waals surface area contributed by atoms with E-state index in [0.29, 0.717) is 23.5 Å². The fraction of sp³-hybridized carbons (Fsp3) is 1.00. The molecule has 0 amide bonds. The monoisotopic (exact) mass is 211 g/mol. The number of hydrogen-bond acceptors (Lipinski definition) is 2. The van der Waals surface area contributed by atoms with Crippen molar-refractivity contribution in [1.82, 2.24) is 5.32 Å². The lowest BCUT2D eigenvalue weighted by Gasteiger charge is -2.39. The van der Waals surface area contributed by atoms with E-state index in [1.165, 1.54) is 19.3 Å². The van der Waals surface area contributed by atoms with E-state index in [-0.39, 0.29) is 0 Å². The first-order valence-electron chi connectivity index (χ1n) is 6.36. The third-order valence-electron chi connectivity index (χ3n) is 5.52. The Morgan fingerprint density at radius 1 is 1.33 bits per heavy atom. The summed E-state index contributed by atoms with van der Waals surface area (Å²) in [6.45, 7) is 8.62. The lowest BCUT2D eigenvalue weighted by molar-refractivity contribution is 0.120. The first-order valence-corrected chi connectivity index (χ1v) is 6.36. The summed E-state index contributed by atoms with van der Waals surface area (Å²) >= 11 is 0. The number of rotatable bonds is 4. The maximum Gasteiger partial charge on any atom is 0.0443 e. The average Bonchev–Trinajstić information content (AvgIpc) is 2.51. The van der Waals surface area contributed by atoms with Crippen molar-refractivity contribution in [1.29, 1.82) is 0 Å². The third kappa shape index (κ3) is 1.53. The Morgan fingerprint density at radius 3 is 2.53 bits per heavy atom. The van der Waals surface area contributed by atoms with E-state index < -0.39 is 0 Å². The Morgan fingerprint density at radius 2 is 2.07 bits per heavy atom. The number of aliphatic hydroxyl groups is 1. The van der Waals surface area contributed by atoms with Crippen molar-refractivity contribution < 1.29 is 5.11 Å². The highest BCUT2D eigenvalue weighted by Gasteiger charge is 2.60. The van der Waals surface area contributed by atoms with Crippen LogP contribution in [0.4, 0.5) is 0 Å². The number of aliphatic hydroxyl groups excluding tert-OH is 1. The van der Waals surface area contributed by atoms with Gasteiger partial charge in [0.15, 0.2) is 0 Å². The predicted molar refractivity (Wildman–Crippen MR) is 62.7 cm³/mol. The molecular formula is C13H25NO. The van der Waals surface area contributed by atoms with Crippen molar-refractivity contribution >= 4 is 0 Å². The second kappa shape index (κ2) is 3.74. The predicted octanol–water partition coefficient (Wildman–Crippen LogP) is 2.17. The highest BCUT2D eigenvalue weighted by Crippen LogP contribution is 2.65. The second-order valence-corrected chi connectivity index (χ2v) is 6.19. The van der Waals surface area contributed by atoms with Gasteiger partial charge in [-0.15, -0.1) is 0 Å². The van der Waals surface area contributed by atoms with Crippen LogP contribution in [-0.4, -0.2) is 24.3 Å². The number of nitrogens with one attached hydrogen (secondary N) is 1. The zero-order valence-electron chi connectivity index (χ0n) is 10.3. The normalized spacial score (nSPS) is 42.4. The second-order valence-electron chi connectivity index (χ2n) is 6.19. The van der Waals surface area contributed by atoms with Crippen LogP contribution >= 0.6 is 0 Å². The molecule has 15 heavy (non-hydrogen) atoms. The third-order valence-corrected chi connectivity index (χ3v) is 5.52. The largest absolute Gasteiger partial charge is 0.396 e. The molecule has 2 rings (SSSR count). The summed E-state index contributed by atoms with van der Waals surface area (Å²) in [7, 11) is 0. The van der Waals surface area contributed by atoms with E-state index in [0.717, 1.165) is 18.9 Å². The van der Waals surface area contributed by atoms with Gasteiger partial charge in [0.2, 0.25) is 0 Å². The van der Waals surface area contributed by atoms with Crippen LogP contribution in [0.5, 0.6) is 0 Å². The lowest BCUT2D eigenvalue weighted by atomic mass is 9.69. The molecule has 0 aliphatic heterocycles. The molecule has 2 heteroatoms. The molecule has 88 valence electrons. The maximum atomic E-state index is 8.80. The highest BCUT2D eigenvalue weighted by molar-refractivity contribution is 5.12. The molecule has 2 bridgehead atoms. The van der Waals surface area contributed by atoms with Crippen molar-refractivity contribution in [2.45, 2.75) is 52.5 Å². The minimum atomic E-state index is 0.309. The molecule has 2 N–H and O–H groups in total. The van der Waals surface area contributed by atoms with Crippen LogP contribution in [0.25, 0.3) is 0 Å². The fourth-order valence-electron chi connectivity index (χ4n) is 3.87. The Kier molecular flexibility index (Phi) is 2.85. The summed E-state index contributed by atoms with van der Waals surface area (Å²) in [4.78, 5) is 0. The van der Waals surface area contributed by atoms with Gasteiger partial charge in [-0.2, -0.15) is 0 Å². The summed E-state index contributed by atoms with van der Waals surface area (Å²) < 4.78 is 0. The molecule has 0 heterocycles. The Bertz CT molecular complexity index is 239. The summed E-state index contributed by atoms with van der Waals surface area (Å²) in [6, 6.07) is 0.679. The first-order chi connectivity index (χ1) is 7.02. The van der Waals surface area contributed by atoms with Crippen LogP contribution in [0, 0.1) is 16.7 Å². The van der Waals surface area contributed by atoms with Gasteiger partial charge in [-0.3, -0.25) is 0 Å². The molecule has 2 aliphatic carbocycles. The van der Waals surface area contributed by atoms with Crippen molar-refractivity contribution in [3.63, 3.8) is 0 Å². The van der Waals surface area contributed by atoms with Crippen LogP contribution in [0.2, 0.25) is 0 Å². The molecule has 2 aliphatic rings. The van der Waals surface area contributed by atoms with Gasteiger partial charge in [0.1, 0.15) is 0 Å². The molecule has 2 saturated carbocycles. The summed E-state index contributed by atoms with van der Waals surface area (Å²) in [5, 5.41) is 12.4. The van der Waals surface area contributed by atoms with Crippen molar-refractivity contribution in [3.8, 4) is 0 Å². The van der Waals surface area contributed by atoms with Gasteiger partial charge in [0, 0.05) is 12.6 Å². The summed E-state index contributed by atoms with van der Waals surface area (Å²) in [5.41, 5.74) is 0.983. The molecule has 0 aromatic heterocycles. The zero-order valence-corrected chi connectivity index (χ0v) is 10.3. The number of hydrogen-bond donors (Lipinski definition) is 2. The van der Waals surface area contributed by atoms with E-state index in [2.05, 4.69) is 26.1 Å². The summed E-state index contributed by atoms with van der Waals surface area (Å²) in [6.07, 6.45) is 5.02. The van der Waals surface area contributed by atoms with Crippen LogP contribution in [0.1, 0.15) is 46.5 Å². The van der Waals surface area contributed by atoms with Gasteiger partial charge in [0.05, 0.1) is 0 Å². The highest BCUT2D eigenvalue weighted by atomic mass is 16.3. The Labute approximate surface area is 93.5 Å². The van der Waals surface area contributed by atoms with Gasteiger partial charge in [-0.1, -0.05) is 20.8 Å². The summed E-state index contributed by atoms with van der Waals surface area (Å²) in [5.74, 6) is 0.911. The smallest absolute Gasteiger partial charge is 0.0443 e. The van der Waals surface area contributed by atoms with Crippen LogP contribution in [0.3, 0.4) is 0 Å². The SMILES string of the molecule is CC1(C)[C@H]2CC[C@@]1(C)[C@@H](NCCCO)C2. The molecule has 3 atom stereocenters. The van der Waals surface area contributed by atoms with Gasteiger partial charge >= 0.3 is 0 Å². The van der Waals surface area contributed by atoms with Crippen molar-refractivity contribution in [2.24, 2.45) is 16.7 Å². The van der Waals surface area contributed by atoms with E-state index >= 15 is 0 Å². The Balaban J connectivity index is 1.99. The van der Waals surface area contributed by atoms with Crippen LogP contribution in [-0.2, 0) is 0 Å². The molecule has 0 radical (unpaired) electrons. The van der Waals surface area contributed by atoms with Gasteiger partial charge in [0.25, 0.3) is 0 Å². The number of fused-ring (bicyclic) bond motifs is 2. The minimum absolute atomic E-state index is 0.309. The molecule has 0 spiro atoms. The first kappa shape index (κ1) is 11.4. The molecule has 2 nitrogen and oxygen atoms in total. The maximum absolute atomic E-state index is 8.80. The topological polar surface area (TPSA) is 32.3 Å². The fourth-order valence-corrected chi connectivity index (χ4v) is 3.87. The molecule has 2 fully saturated rings. The molecule has 0 unspecified atom stereocenters. The van der Waals surface area contributed by atoms with E-state index in [1.54, 1.807) is 0 Å². The standard InChI is InChI=1S/C13H25NO/c1-12(2)10-5-6-13(12,3)11(9-10)14-7-4-8-15/h10-11,14-15H,4-9H2,1-3H3/t10-,11-,13-/m0/s1. The van der Waals surface area contributed by atoms with Gasteiger partial charge in [-0.05, 0) is 49.0 Å². The molecule has 0 aromatic carbocycles. The molecular weight excluding hydrogens is 186 g/mol. The molecule has 0 saturated heterocycles. The van der Waals surface area contributed by atoms with Gasteiger partial charge in [-0.25, -0.2) is 0 Å². The van der Waals surface area contributed by atoms with E-state index in [9.17, 15) is 0 Å². The van der Waals surface area contributed by atoms with Crippen molar-refractivity contribution in [2.75, 3.05) is 13.2 Å². The van der Waals surface area contributed by atoms with E-state index in [4.69, 9.17) is 5.11 Å². The minimum Gasteiger partial charge on any atom is -0.396 e. The Hall–Kier alpha value is -0.0800. The zero-order chi connectivity index (χ0) is 11.1. The van der Waals surface area contributed by atoms with Crippen LogP contribution < -0.4 is 5.32 Å². The molecule has 0 aromatic rings. The lowest BCUT2D eigenvalue weighted by Crippen LogP contribution is -2.44. The quantitative estimate of drug-likeness (QED) is 0.699. The van der Waals surface area contributed by atoms with Crippen LogP contribution in [0.15, 0.2) is 0 Å². The average molecular weight is 211 g/mol. The van der Waals surface area contributed by atoms with E-state index in [1.807, 2.05) is 0 Å². The van der Waals surface area contributed by atoms with Gasteiger partial charge < -0.3 is 10.4 Å².